The summed E-state index contributed by atoms with van der Waals surface area (Å²) in [5, 5.41) is 11.6. The highest BCUT2D eigenvalue weighted by Crippen LogP contribution is 2.66. The van der Waals surface area contributed by atoms with E-state index >= 15 is 0 Å². The van der Waals surface area contributed by atoms with E-state index in [1.165, 1.54) is 37.5 Å². The summed E-state index contributed by atoms with van der Waals surface area (Å²) in [6.45, 7) is 14.0. The van der Waals surface area contributed by atoms with Crippen molar-refractivity contribution in [2.45, 2.75) is 134 Å². The first-order valence-corrected chi connectivity index (χ1v) is 35.5. The van der Waals surface area contributed by atoms with Crippen molar-refractivity contribution in [3.8, 4) is 22.3 Å². The molecule has 6 atom stereocenters. The molecule has 2 amide bonds. The van der Waals surface area contributed by atoms with E-state index in [-0.39, 0.29) is 18.1 Å². The van der Waals surface area contributed by atoms with Gasteiger partial charge in [0.15, 0.2) is 6.29 Å². The Morgan fingerprint density at radius 3 is 1.35 bits per heavy atom. The lowest BCUT2D eigenvalue weighted by molar-refractivity contribution is -0.205. The number of benzene rings is 5. The van der Waals surface area contributed by atoms with E-state index in [2.05, 4.69) is 64.5 Å². The second-order valence-corrected chi connectivity index (χ2v) is 32.3. The third kappa shape index (κ3) is 13.0. The van der Waals surface area contributed by atoms with Crippen LogP contribution in [0.1, 0.15) is 123 Å². The topological polar surface area (TPSA) is 191 Å². The molecule has 3 saturated heterocycles. The molecule has 7 fully saturated rings. The summed E-state index contributed by atoms with van der Waals surface area (Å²) in [6.07, 6.45) is 12.2. The van der Waals surface area contributed by atoms with Gasteiger partial charge in [0.2, 0.25) is 22.1 Å². The molecule has 4 N–H and O–H groups in total. The van der Waals surface area contributed by atoms with Crippen molar-refractivity contribution in [2.24, 2.45) is 10.8 Å². The van der Waals surface area contributed by atoms with E-state index in [0.717, 1.165) is 140 Å². The smallest absolute Gasteiger partial charge is 0.254 e. The number of rotatable bonds is 11. The van der Waals surface area contributed by atoms with Crippen LogP contribution in [-0.4, -0.2) is 112 Å². The molecule has 13 nitrogen and oxygen atoms in total. The summed E-state index contributed by atoms with van der Waals surface area (Å²) in [5.74, 6) is 1.18. The summed E-state index contributed by atoms with van der Waals surface area (Å²) in [5.41, 5.74) is 9.00. The van der Waals surface area contributed by atoms with E-state index in [1.54, 1.807) is 24.3 Å². The minimum Gasteiger partial charge on any atom is -0.380 e. The molecular weight excluding hydrogens is 1130 g/mol. The van der Waals surface area contributed by atoms with Gasteiger partial charge in [-0.05, 0) is 213 Å². The molecular formula is C63H78BrN2O11P3. The number of hydrogen-bond donors (Lipinski definition) is 4. The van der Waals surface area contributed by atoms with Gasteiger partial charge in [0.05, 0.1) is 0 Å². The number of likely N-dealkylation sites (tertiary alicyclic amines) is 2. The van der Waals surface area contributed by atoms with Crippen LogP contribution in [0.5, 0.6) is 0 Å². The Morgan fingerprint density at radius 2 is 0.975 bits per heavy atom. The largest absolute Gasteiger partial charge is 0.380 e. The number of aryl methyl sites for hydroxylation is 3. The summed E-state index contributed by atoms with van der Waals surface area (Å²) in [4.78, 5) is 58.8. The van der Waals surface area contributed by atoms with Crippen LogP contribution >= 0.6 is 38.0 Å². The Balaban J connectivity index is 0.000000151. The number of ether oxygens (including phenoxy) is 2. The normalized spacial score (nSPS) is 24.8. The second-order valence-electron chi connectivity index (χ2n) is 24.6. The third-order valence-corrected chi connectivity index (χ3v) is 23.0. The highest BCUT2D eigenvalue weighted by Gasteiger charge is 2.60. The SMILES string of the molecule is Cc1ccc(P(C)(=O)O)cc1-c1ccc([C@H]2CC23CCN(C(=O)C2(O)CC2)CC3)cc1.Cc1ccc(P(C)(=O)O)cc1-c1ccc([C@H]2CC23CCN(C(=O)C2(OC4CCCCO4)CC2)CC3)cc1.Cc1ccc(P(C)(=O)O)cc1Br. The van der Waals surface area contributed by atoms with Gasteiger partial charge in [-0.3, -0.25) is 23.3 Å². The van der Waals surface area contributed by atoms with E-state index in [1.807, 2.05) is 60.9 Å². The van der Waals surface area contributed by atoms with Crippen molar-refractivity contribution < 1.29 is 52.5 Å². The average molecular weight is 1210 g/mol. The fourth-order valence-electron chi connectivity index (χ4n) is 12.5. The van der Waals surface area contributed by atoms with Crippen LogP contribution in [0, 0.1) is 31.6 Å². The summed E-state index contributed by atoms with van der Waals surface area (Å²) in [6, 6.07) is 33.6. The molecule has 17 heteroatoms. The molecule has 80 heavy (non-hydrogen) atoms. The van der Waals surface area contributed by atoms with Gasteiger partial charge in [0, 0.05) is 73.2 Å². The molecule has 4 unspecified atom stereocenters. The van der Waals surface area contributed by atoms with Crippen molar-refractivity contribution in [3.63, 3.8) is 0 Å². The van der Waals surface area contributed by atoms with Gasteiger partial charge < -0.3 is 39.1 Å². The predicted octanol–water partition coefficient (Wildman–Crippen LogP) is 11.5. The number of piperidine rings is 2. The van der Waals surface area contributed by atoms with Crippen LogP contribution in [0.15, 0.2) is 108 Å². The summed E-state index contributed by atoms with van der Waals surface area (Å²) >= 11 is 3.31. The fourth-order valence-corrected chi connectivity index (χ4v) is 15.2. The quantitative estimate of drug-likeness (QED) is 0.0921. The molecule has 0 aromatic heterocycles. The Labute approximate surface area is 480 Å². The maximum Gasteiger partial charge on any atom is 0.254 e. The van der Waals surface area contributed by atoms with Crippen molar-refractivity contribution >= 4 is 65.8 Å². The fraction of sp³-hybridized carbons (Fsp3) is 0.492. The Bertz CT molecular complexity index is 3280. The molecule has 0 radical (unpaired) electrons. The highest BCUT2D eigenvalue weighted by atomic mass is 79.9. The highest BCUT2D eigenvalue weighted by molar-refractivity contribution is 9.10. The number of carbonyl (C=O) groups is 2. The second kappa shape index (κ2) is 22.5. The van der Waals surface area contributed by atoms with Gasteiger partial charge in [0.1, 0.15) is 11.2 Å². The first-order chi connectivity index (χ1) is 37.7. The number of nitrogens with zero attached hydrogens (tertiary/aromatic N) is 2. The van der Waals surface area contributed by atoms with E-state index in [9.17, 15) is 43.1 Å². The molecule has 428 valence electrons. The van der Waals surface area contributed by atoms with Gasteiger partial charge in [0.25, 0.3) is 11.8 Å². The van der Waals surface area contributed by atoms with Crippen LogP contribution < -0.4 is 15.9 Å². The lowest BCUT2D eigenvalue weighted by Gasteiger charge is -2.36. The van der Waals surface area contributed by atoms with E-state index in [0.29, 0.717) is 51.4 Å². The molecule has 5 aromatic carbocycles. The summed E-state index contributed by atoms with van der Waals surface area (Å²) < 4.78 is 48.3. The third-order valence-electron chi connectivity index (χ3n) is 18.5. The molecule has 3 aliphatic heterocycles. The molecule has 2 spiro atoms. The van der Waals surface area contributed by atoms with Crippen LogP contribution in [0.4, 0.5) is 0 Å². The van der Waals surface area contributed by atoms with Crippen LogP contribution in [0.25, 0.3) is 22.3 Å². The number of carbonyl (C=O) groups excluding carboxylic acids is 2. The number of aliphatic hydroxyl groups is 1. The van der Waals surface area contributed by atoms with Crippen molar-refractivity contribution in [2.75, 3.05) is 52.8 Å². The average Bonchev–Trinajstić information content (AvgIpc) is 4.50. The van der Waals surface area contributed by atoms with Gasteiger partial charge in [-0.1, -0.05) is 82.7 Å². The lowest BCUT2D eigenvalue weighted by Crippen LogP contribution is -2.48. The van der Waals surface area contributed by atoms with Crippen LogP contribution in [-0.2, 0) is 32.8 Å². The first-order valence-electron chi connectivity index (χ1n) is 28.4. The van der Waals surface area contributed by atoms with Gasteiger partial charge >= 0.3 is 0 Å². The van der Waals surface area contributed by atoms with Crippen molar-refractivity contribution in [1.82, 2.24) is 9.80 Å². The van der Waals surface area contributed by atoms with Crippen LogP contribution in [0.3, 0.4) is 0 Å². The van der Waals surface area contributed by atoms with E-state index in [4.69, 9.17) is 9.47 Å². The molecule has 4 saturated carbocycles. The molecule has 3 heterocycles. The maximum atomic E-state index is 13.3. The van der Waals surface area contributed by atoms with Gasteiger partial charge in [-0.2, -0.15) is 0 Å². The minimum atomic E-state index is -3.29. The zero-order valence-corrected chi connectivity index (χ0v) is 51.3. The Hall–Kier alpha value is -4.03. The van der Waals surface area contributed by atoms with Gasteiger partial charge in [-0.25, -0.2) is 0 Å². The molecule has 7 aliphatic rings. The van der Waals surface area contributed by atoms with Crippen LogP contribution in [0.2, 0.25) is 0 Å². The predicted molar refractivity (Wildman–Crippen MR) is 320 cm³/mol. The Morgan fingerprint density at radius 1 is 0.562 bits per heavy atom. The zero-order chi connectivity index (χ0) is 57.2. The number of halogens is 1. The minimum absolute atomic E-state index is 0.0685. The standard InChI is InChI=1S/C30H38NO5P.C25H30NO4P.C8H10BrO2P/c1-21-6-11-24(37(2,33)34)19-25(21)22-7-9-23(10-8-22)26-20-29(26)14-16-31(17-15-29)28(32)30(12-13-30)36-27-5-3-4-18-35-27;1-17-3-8-20(31(2,29)30)15-21(17)18-4-6-19(7-5-18)22-16-24(22)11-13-26(14-12-24)23(27)25(28)9-10-25;1-6-3-4-7(5-8(6)9)12(2,10)11/h6-11,19,26-27H,3-5,12-18,20H2,1-2H3,(H,33,34);3-8,15,22,28H,9-14,16H2,1-2H3,(H,29,30);3-5H,1-2H3,(H,10,11)/t26-,27?;22-;/m11./s1. The molecule has 5 aromatic rings. The number of amides is 2. The lowest BCUT2D eigenvalue weighted by atomic mass is 9.88. The van der Waals surface area contributed by atoms with Crippen molar-refractivity contribution in [3.05, 3.63) is 135 Å². The maximum absolute atomic E-state index is 13.3. The van der Waals surface area contributed by atoms with Crippen molar-refractivity contribution in [1.29, 1.82) is 0 Å². The molecule has 0 bridgehead atoms. The molecule has 4 aliphatic carbocycles. The zero-order valence-electron chi connectivity index (χ0n) is 47.0. The Kier molecular flexibility index (Phi) is 16.6. The molecule has 12 rings (SSSR count). The monoisotopic (exact) mass is 1210 g/mol. The first kappa shape index (κ1) is 59.1. The number of hydrogen-bond acceptors (Lipinski definition) is 8. The van der Waals surface area contributed by atoms with E-state index < -0.39 is 33.3 Å². The van der Waals surface area contributed by atoms with Gasteiger partial charge in [-0.15, -0.1) is 0 Å². The summed E-state index contributed by atoms with van der Waals surface area (Å²) in [7, 11) is -9.67.